The summed E-state index contributed by atoms with van der Waals surface area (Å²) in [7, 11) is 0. The van der Waals surface area contributed by atoms with E-state index in [2.05, 4.69) is 24.5 Å². The van der Waals surface area contributed by atoms with Gasteiger partial charge in [-0.15, -0.1) is 0 Å². The van der Waals surface area contributed by atoms with Crippen molar-refractivity contribution >= 4 is 11.6 Å². The van der Waals surface area contributed by atoms with Gasteiger partial charge >= 0.3 is 0 Å². The summed E-state index contributed by atoms with van der Waals surface area (Å²) in [5.74, 6) is 5.66. The number of halogens is 1. The minimum atomic E-state index is 0.212. The van der Waals surface area contributed by atoms with E-state index in [0.717, 1.165) is 17.0 Å². The van der Waals surface area contributed by atoms with Crippen molar-refractivity contribution in [3.63, 3.8) is 0 Å². The molecule has 3 heteroatoms. The minimum absolute atomic E-state index is 0.212. The maximum absolute atomic E-state index is 6.16. The van der Waals surface area contributed by atoms with Crippen LogP contribution in [0, 0.1) is 6.92 Å². The predicted octanol–water partition coefficient (Wildman–Crippen LogP) is 4.90. The number of nitrogens with one attached hydrogen (secondary N) is 1. The van der Waals surface area contributed by atoms with Gasteiger partial charge in [-0.3, -0.25) is 11.3 Å². The Hall–Kier alpha value is -0.570. The Morgan fingerprint density at radius 3 is 2.47 bits per heavy atom. The summed E-state index contributed by atoms with van der Waals surface area (Å²) in [4.78, 5) is 0. The predicted molar refractivity (Wildman–Crippen MR) is 84.2 cm³/mol. The summed E-state index contributed by atoms with van der Waals surface area (Å²) < 4.78 is 0. The van der Waals surface area contributed by atoms with E-state index in [1.807, 2.05) is 13.0 Å². The first-order valence-corrected chi connectivity index (χ1v) is 7.79. The molecular weight excluding hydrogens is 256 g/mol. The maximum Gasteiger partial charge on any atom is 0.0460 e. The molecule has 0 aliphatic rings. The average molecular weight is 283 g/mol. The number of hydrogen-bond acceptors (Lipinski definition) is 2. The summed E-state index contributed by atoms with van der Waals surface area (Å²) in [6, 6.07) is 6.41. The second-order valence-corrected chi connectivity index (χ2v) is 5.69. The van der Waals surface area contributed by atoms with E-state index in [-0.39, 0.29) is 6.04 Å². The van der Waals surface area contributed by atoms with Crippen LogP contribution in [0.5, 0.6) is 0 Å². The number of aryl methyl sites for hydroxylation is 1. The molecule has 0 heterocycles. The fourth-order valence-corrected chi connectivity index (χ4v) is 2.49. The summed E-state index contributed by atoms with van der Waals surface area (Å²) in [6.45, 7) is 4.26. The van der Waals surface area contributed by atoms with Crippen molar-refractivity contribution in [3.05, 3.63) is 34.3 Å². The Morgan fingerprint density at radius 1 is 1.16 bits per heavy atom. The van der Waals surface area contributed by atoms with Gasteiger partial charge in [0, 0.05) is 11.1 Å². The van der Waals surface area contributed by atoms with Gasteiger partial charge in [-0.05, 0) is 30.5 Å². The van der Waals surface area contributed by atoms with Crippen molar-refractivity contribution < 1.29 is 0 Å². The third-order valence-corrected chi connectivity index (χ3v) is 4.05. The third kappa shape index (κ3) is 5.94. The quantitative estimate of drug-likeness (QED) is 0.384. The molecule has 1 atom stereocenters. The molecule has 0 radical (unpaired) electrons. The van der Waals surface area contributed by atoms with Gasteiger partial charge < -0.3 is 0 Å². The van der Waals surface area contributed by atoms with Crippen LogP contribution >= 0.6 is 11.6 Å². The van der Waals surface area contributed by atoms with Gasteiger partial charge in [0.1, 0.15) is 0 Å². The van der Waals surface area contributed by atoms with Gasteiger partial charge in [0.05, 0.1) is 0 Å². The van der Waals surface area contributed by atoms with Crippen LogP contribution in [0.25, 0.3) is 0 Å². The highest BCUT2D eigenvalue weighted by atomic mass is 35.5. The molecule has 0 aliphatic carbocycles. The van der Waals surface area contributed by atoms with Crippen molar-refractivity contribution in [2.75, 3.05) is 0 Å². The molecular formula is C16H27ClN2. The topological polar surface area (TPSA) is 38.0 Å². The lowest BCUT2D eigenvalue weighted by Gasteiger charge is -2.17. The lowest BCUT2D eigenvalue weighted by molar-refractivity contribution is 0.477. The Morgan fingerprint density at radius 2 is 1.84 bits per heavy atom. The molecule has 1 rings (SSSR count). The smallest absolute Gasteiger partial charge is 0.0460 e. The Balaban J connectivity index is 2.38. The Bertz CT molecular complexity index is 366. The summed E-state index contributed by atoms with van der Waals surface area (Å²) in [5.41, 5.74) is 5.21. The molecule has 0 spiro atoms. The maximum atomic E-state index is 6.16. The van der Waals surface area contributed by atoms with Crippen LogP contribution < -0.4 is 11.3 Å². The van der Waals surface area contributed by atoms with Crippen molar-refractivity contribution in [2.24, 2.45) is 5.84 Å². The van der Waals surface area contributed by atoms with Crippen LogP contribution in [0.4, 0.5) is 0 Å². The first-order valence-electron chi connectivity index (χ1n) is 7.41. The van der Waals surface area contributed by atoms with Gasteiger partial charge in [0.2, 0.25) is 0 Å². The van der Waals surface area contributed by atoms with E-state index in [1.165, 1.54) is 44.1 Å². The van der Waals surface area contributed by atoms with Crippen LogP contribution in [0.2, 0.25) is 5.02 Å². The Kier molecular flexibility index (Phi) is 8.11. The van der Waals surface area contributed by atoms with Crippen LogP contribution in [0.1, 0.15) is 69.0 Å². The standard InChI is InChI=1S/C16H27ClN2/c1-3-4-5-6-7-8-9-16(19-18)14-11-10-13(2)15(17)12-14/h10-12,16,19H,3-9,18H2,1-2H3. The van der Waals surface area contributed by atoms with Gasteiger partial charge in [0.25, 0.3) is 0 Å². The van der Waals surface area contributed by atoms with Gasteiger partial charge in [-0.1, -0.05) is 69.2 Å². The van der Waals surface area contributed by atoms with Crippen molar-refractivity contribution in [1.29, 1.82) is 0 Å². The van der Waals surface area contributed by atoms with Crippen molar-refractivity contribution in [3.8, 4) is 0 Å². The summed E-state index contributed by atoms with van der Waals surface area (Å²) in [6.07, 6.45) is 8.91. The molecule has 108 valence electrons. The molecule has 0 aromatic heterocycles. The molecule has 1 aromatic carbocycles. The van der Waals surface area contributed by atoms with Crippen molar-refractivity contribution in [2.45, 2.75) is 64.8 Å². The SMILES string of the molecule is CCCCCCCCC(NN)c1ccc(C)c(Cl)c1. The van der Waals surface area contributed by atoms with Crippen LogP contribution in [0.3, 0.4) is 0 Å². The second kappa shape index (κ2) is 9.35. The highest BCUT2D eigenvalue weighted by Crippen LogP contribution is 2.24. The van der Waals surface area contributed by atoms with E-state index in [9.17, 15) is 0 Å². The molecule has 1 unspecified atom stereocenters. The van der Waals surface area contributed by atoms with Gasteiger partial charge in [-0.25, -0.2) is 0 Å². The van der Waals surface area contributed by atoms with E-state index in [1.54, 1.807) is 0 Å². The van der Waals surface area contributed by atoms with Gasteiger partial charge in [0.15, 0.2) is 0 Å². The molecule has 3 N–H and O–H groups in total. The van der Waals surface area contributed by atoms with E-state index < -0.39 is 0 Å². The van der Waals surface area contributed by atoms with E-state index >= 15 is 0 Å². The number of nitrogens with two attached hydrogens (primary N) is 1. The molecule has 0 aliphatic heterocycles. The molecule has 1 aromatic rings. The lowest BCUT2D eigenvalue weighted by Crippen LogP contribution is -2.28. The summed E-state index contributed by atoms with van der Waals surface area (Å²) >= 11 is 6.16. The molecule has 19 heavy (non-hydrogen) atoms. The van der Waals surface area contributed by atoms with Crippen molar-refractivity contribution in [1.82, 2.24) is 5.43 Å². The molecule has 0 saturated carbocycles. The fraction of sp³-hybridized carbons (Fsp3) is 0.625. The second-order valence-electron chi connectivity index (χ2n) is 5.28. The number of rotatable bonds is 9. The number of benzene rings is 1. The monoisotopic (exact) mass is 282 g/mol. The summed E-state index contributed by atoms with van der Waals surface area (Å²) in [5, 5.41) is 0.820. The minimum Gasteiger partial charge on any atom is -0.271 e. The average Bonchev–Trinajstić information content (AvgIpc) is 2.41. The Labute approximate surface area is 122 Å². The lowest BCUT2D eigenvalue weighted by atomic mass is 9.99. The molecule has 0 bridgehead atoms. The third-order valence-electron chi connectivity index (χ3n) is 3.65. The highest BCUT2D eigenvalue weighted by molar-refractivity contribution is 6.31. The molecule has 0 fully saturated rings. The number of unbranched alkanes of at least 4 members (excludes halogenated alkanes) is 5. The molecule has 2 nitrogen and oxygen atoms in total. The zero-order valence-corrected chi connectivity index (χ0v) is 13.0. The number of hydrazine groups is 1. The normalized spacial score (nSPS) is 12.6. The van der Waals surface area contributed by atoms with Gasteiger partial charge in [-0.2, -0.15) is 0 Å². The zero-order valence-electron chi connectivity index (χ0n) is 12.2. The zero-order chi connectivity index (χ0) is 14.1. The number of hydrogen-bond donors (Lipinski definition) is 2. The van der Waals surface area contributed by atoms with Crippen LogP contribution in [0.15, 0.2) is 18.2 Å². The van der Waals surface area contributed by atoms with Crippen LogP contribution in [-0.4, -0.2) is 0 Å². The molecule has 0 saturated heterocycles. The first kappa shape index (κ1) is 16.5. The fourth-order valence-electron chi connectivity index (χ4n) is 2.30. The van der Waals surface area contributed by atoms with E-state index in [0.29, 0.717) is 0 Å². The van der Waals surface area contributed by atoms with Crippen LogP contribution in [-0.2, 0) is 0 Å². The van der Waals surface area contributed by atoms with E-state index in [4.69, 9.17) is 17.4 Å². The highest BCUT2D eigenvalue weighted by Gasteiger charge is 2.10. The molecule has 0 amide bonds. The largest absolute Gasteiger partial charge is 0.271 e. The first-order chi connectivity index (χ1) is 9.19.